The van der Waals surface area contributed by atoms with Crippen LogP contribution in [0.4, 0.5) is 13.2 Å². The molecule has 0 bridgehead atoms. The van der Waals surface area contributed by atoms with Crippen LogP contribution in [0.3, 0.4) is 0 Å². The fraction of sp³-hybridized carbons (Fsp3) is 0.368. The van der Waals surface area contributed by atoms with Gasteiger partial charge in [0, 0.05) is 44.3 Å². The van der Waals surface area contributed by atoms with Crippen LogP contribution in [0.25, 0.3) is 0 Å². The van der Waals surface area contributed by atoms with Crippen LogP contribution in [0.5, 0.6) is 0 Å². The first kappa shape index (κ1) is 18.2. The normalized spacial score (nSPS) is 17.0. The Morgan fingerprint density at radius 1 is 0.800 bits per heavy atom. The summed E-state index contributed by atoms with van der Waals surface area (Å²) in [6, 6.07) is 13.6. The number of halogens is 4. The molecule has 0 spiro atoms. The molecule has 3 rings (SSSR count). The average Bonchev–Trinajstić information content (AvgIpc) is 2.58. The van der Waals surface area contributed by atoms with Gasteiger partial charge in [0.25, 0.3) is 0 Å². The van der Waals surface area contributed by atoms with Crippen molar-refractivity contribution in [1.82, 2.24) is 9.80 Å². The fourth-order valence-corrected chi connectivity index (χ4v) is 3.26. The van der Waals surface area contributed by atoms with E-state index in [1.54, 1.807) is 12.1 Å². The zero-order chi connectivity index (χ0) is 17.9. The third kappa shape index (κ3) is 4.97. The van der Waals surface area contributed by atoms with Gasteiger partial charge >= 0.3 is 6.18 Å². The van der Waals surface area contributed by atoms with Crippen LogP contribution in [0.1, 0.15) is 16.7 Å². The molecule has 1 fully saturated rings. The van der Waals surface area contributed by atoms with E-state index in [9.17, 15) is 13.2 Å². The van der Waals surface area contributed by atoms with Crippen LogP contribution in [0, 0.1) is 0 Å². The van der Waals surface area contributed by atoms with E-state index in [1.807, 2.05) is 24.3 Å². The Labute approximate surface area is 150 Å². The Hall–Kier alpha value is -1.56. The van der Waals surface area contributed by atoms with Crippen LogP contribution in [0.15, 0.2) is 48.5 Å². The Morgan fingerprint density at radius 3 is 1.96 bits per heavy atom. The molecule has 1 aliphatic rings. The first-order chi connectivity index (χ1) is 11.9. The molecule has 1 saturated heterocycles. The zero-order valence-electron chi connectivity index (χ0n) is 13.8. The van der Waals surface area contributed by atoms with Gasteiger partial charge in [-0.3, -0.25) is 9.80 Å². The van der Waals surface area contributed by atoms with Gasteiger partial charge in [0.05, 0.1) is 5.56 Å². The highest BCUT2D eigenvalue weighted by Gasteiger charge is 2.33. The van der Waals surface area contributed by atoms with Crippen LogP contribution in [0.2, 0.25) is 5.02 Å². The SMILES string of the molecule is FC(F)(F)c1ccccc1CN1CCN(Cc2ccc(Cl)cc2)CC1. The van der Waals surface area contributed by atoms with Crippen LogP contribution < -0.4 is 0 Å². The van der Waals surface area contributed by atoms with Gasteiger partial charge in [-0.25, -0.2) is 0 Å². The first-order valence-electron chi connectivity index (χ1n) is 8.26. The first-order valence-corrected chi connectivity index (χ1v) is 8.64. The quantitative estimate of drug-likeness (QED) is 0.773. The summed E-state index contributed by atoms with van der Waals surface area (Å²) < 4.78 is 39.3. The molecule has 0 unspecified atom stereocenters. The van der Waals surface area contributed by atoms with E-state index in [2.05, 4.69) is 9.80 Å². The summed E-state index contributed by atoms with van der Waals surface area (Å²) in [7, 11) is 0. The number of rotatable bonds is 4. The van der Waals surface area contributed by atoms with Crippen LogP contribution >= 0.6 is 11.6 Å². The summed E-state index contributed by atoms with van der Waals surface area (Å²) in [6.07, 6.45) is -4.30. The summed E-state index contributed by atoms with van der Waals surface area (Å²) in [5.74, 6) is 0. The van der Waals surface area contributed by atoms with Crippen molar-refractivity contribution in [2.45, 2.75) is 19.3 Å². The minimum absolute atomic E-state index is 0.338. The molecule has 134 valence electrons. The molecule has 1 heterocycles. The molecule has 2 nitrogen and oxygen atoms in total. The van der Waals surface area contributed by atoms with Gasteiger partial charge in [-0.1, -0.05) is 41.9 Å². The van der Waals surface area contributed by atoms with Crippen LogP contribution in [-0.2, 0) is 19.3 Å². The average molecular weight is 369 g/mol. The van der Waals surface area contributed by atoms with Crippen molar-refractivity contribution in [3.63, 3.8) is 0 Å². The van der Waals surface area contributed by atoms with E-state index < -0.39 is 11.7 Å². The van der Waals surface area contributed by atoms with Gasteiger partial charge < -0.3 is 0 Å². The second-order valence-corrected chi connectivity index (χ2v) is 6.77. The van der Waals surface area contributed by atoms with E-state index in [1.165, 1.54) is 11.6 Å². The number of benzene rings is 2. The third-order valence-corrected chi connectivity index (χ3v) is 4.75. The highest BCUT2D eigenvalue weighted by atomic mass is 35.5. The largest absolute Gasteiger partial charge is 0.416 e. The summed E-state index contributed by atoms with van der Waals surface area (Å²) in [5.41, 5.74) is 1.01. The summed E-state index contributed by atoms with van der Waals surface area (Å²) in [4.78, 5) is 4.40. The maximum absolute atomic E-state index is 13.1. The maximum atomic E-state index is 13.1. The topological polar surface area (TPSA) is 6.48 Å². The number of alkyl halides is 3. The van der Waals surface area contributed by atoms with Crippen molar-refractivity contribution in [3.05, 3.63) is 70.2 Å². The van der Waals surface area contributed by atoms with Gasteiger partial charge in [0.2, 0.25) is 0 Å². The predicted octanol–water partition coefficient (Wildman–Crippen LogP) is 4.68. The Kier molecular flexibility index (Phi) is 5.67. The molecular weight excluding hydrogens is 349 g/mol. The molecule has 6 heteroatoms. The highest BCUT2D eigenvalue weighted by molar-refractivity contribution is 6.30. The maximum Gasteiger partial charge on any atom is 0.416 e. The molecule has 0 radical (unpaired) electrons. The standard InChI is InChI=1S/C19H20ClF3N2/c20-17-7-5-15(6-8-17)13-24-9-11-25(12-10-24)14-16-3-1-2-4-18(16)19(21,22)23/h1-8H,9-14H2. The molecule has 2 aromatic carbocycles. The van der Waals surface area contributed by atoms with Crippen molar-refractivity contribution in [2.75, 3.05) is 26.2 Å². The van der Waals surface area contributed by atoms with E-state index in [0.717, 1.165) is 43.8 Å². The highest BCUT2D eigenvalue weighted by Crippen LogP contribution is 2.32. The molecule has 0 aliphatic carbocycles. The number of piperazine rings is 1. The molecule has 0 N–H and O–H groups in total. The van der Waals surface area contributed by atoms with Crippen molar-refractivity contribution in [2.24, 2.45) is 0 Å². The molecule has 0 aromatic heterocycles. The lowest BCUT2D eigenvalue weighted by atomic mass is 10.1. The Balaban J connectivity index is 1.56. The van der Waals surface area contributed by atoms with Gasteiger partial charge in [-0.2, -0.15) is 13.2 Å². The summed E-state index contributed by atoms with van der Waals surface area (Å²) >= 11 is 5.90. The second-order valence-electron chi connectivity index (χ2n) is 6.33. The van der Waals surface area contributed by atoms with Gasteiger partial charge in [0.15, 0.2) is 0 Å². The lowest BCUT2D eigenvalue weighted by molar-refractivity contribution is -0.138. The number of hydrogen-bond acceptors (Lipinski definition) is 2. The predicted molar refractivity (Wildman–Crippen MR) is 93.5 cm³/mol. The zero-order valence-corrected chi connectivity index (χ0v) is 14.5. The minimum atomic E-state index is -4.30. The molecule has 0 amide bonds. The second kappa shape index (κ2) is 7.77. The van der Waals surface area contributed by atoms with Crippen molar-refractivity contribution < 1.29 is 13.2 Å². The molecule has 0 saturated carbocycles. The Bertz CT molecular complexity index is 693. The van der Waals surface area contributed by atoms with Crippen LogP contribution in [-0.4, -0.2) is 36.0 Å². The van der Waals surface area contributed by atoms with E-state index in [-0.39, 0.29) is 0 Å². The number of nitrogens with zero attached hydrogens (tertiary/aromatic N) is 2. The molecule has 0 atom stereocenters. The van der Waals surface area contributed by atoms with Crippen molar-refractivity contribution in [3.8, 4) is 0 Å². The smallest absolute Gasteiger partial charge is 0.297 e. The fourth-order valence-electron chi connectivity index (χ4n) is 3.13. The van der Waals surface area contributed by atoms with E-state index >= 15 is 0 Å². The lowest BCUT2D eigenvalue weighted by Crippen LogP contribution is -2.45. The summed E-state index contributed by atoms with van der Waals surface area (Å²) in [6.45, 7) is 4.39. The van der Waals surface area contributed by atoms with E-state index in [0.29, 0.717) is 12.1 Å². The minimum Gasteiger partial charge on any atom is -0.297 e. The van der Waals surface area contributed by atoms with Gasteiger partial charge in [0.1, 0.15) is 0 Å². The van der Waals surface area contributed by atoms with Crippen molar-refractivity contribution in [1.29, 1.82) is 0 Å². The van der Waals surface area contributed by atoms with E-state index in [4.69, 9.17) is 11.6 Å². The van der Waals surface area contributed by atoms with Gasteiger partial charge in [-0.05, 0) is 29.3 Å². The third-order valence-electron chi connectivity index (χ3n) is 4.50. The molecule has 2 aromatic rings. The lowest BCUT2D eigenvalue weighted by Gasteiger charge is -2.35. The van der Waals surface area contributed by atoms with Crippen molar-refractivity contribution >= 4 is 11.6 Å². The Morgan fingerprint density at radius 2 is 1.36 bits per heavy atom. The number of hydrogen-bond donors (Lipinski definition) is 0. The molecule has 1 aliphatic heterocycles. The molecule has 25 heavy (non-hydrogen) atoms. The monoisotopic (exact) mass is 368 g/mol. The van der Waals surface area contributed by atoms with Gasteiger partial charge in [-0.15, -0.1) is 0 Å². The molecular formula is C19H20ClF3N2. The summed E-state index contributed by atoms with van der Waals surface area (Å²) in [5, 5.41) is 0.719.